The lowest BCUT2D eigenvalue weighted by atomic mass is 9.71. The number of aromatic amines is 1. The third-order valence-corrected chi connectivity index (χ3v) is 8.04. The smallest absolute Gasteiger partial charge is 0.255 e. The van der Waals surface area contributed by atoms with E-state index in [0.29, 0.717) is 53.3 Å². The highest BCUT2D eigenvalue weighted by Gasteiger charge is 2.45. The van der Waals surface area contributed by atoms with Crippen molar-refractivity contribution >= 4 is 28.9 Å². The van der Waals surface area contributed by atoms with Gasteiger partial charge >= 0.3 is 0 Å². The summed E-state index contributed by atoms with van der Waals surface area (Å²) < 4.78 is 23.7. The minimum absolute atomic E-state index is 0.103. The number of methoxy groups -OCH3 is 1. The van der Waals surface area contributed by atoms with Crippen LogP contribution in [0.15, 0.2) is 36.7 Å². The largest absolute Gasteiger partial charge is 0.493 e. The van der Waals surface area contributed by atoms with Gasteiger partial charge in [-0.15, -0.1) is 0 Å². The molecular weight excluding hydrogens is 520 g/mol. The molecule has 3 N–H and O–H groups in total. The number of H-pyrrole nitrogens is 1. The predicted molar refractivity (Wildman–Crippen MR) is 148 cm³/mol. The minimum atomic E-state index is -0.306. The standard InChI is InChI=1S/C29H33ClN4O5/c1-28(2)16-38-17(15-39-28)14-37-22-13-31-11-8-18(22)24-25(32-20-7-4-6-19(30)26(20)36-3)23-21(33-24)12-29(9-5-10-29)34-27(23)35/h4,6-8,11,13,17,32-33H,5,9-10,12,14-16H2,1-3H3,(H,34,35)/t17-/m0/s1. The molecule has 2 aromatic heterocycles. The number of rotatable bonds is 7. The Morgan fingerprint density at radius 2 is 2.10 bits per heavy atom. The first-order chi connectivity index (χ1) is 18.8. The zero-order valence-corrected chi connectivity index (χ0v) is 23.1. The molecular formula is C29H33ClN4O5. The number of carbonyl (C=O) groups is 1. The molecule has 1 saturated carbocycles. The summed E-state index contributed by atoms with van der Waals surface area (Å²) in [6, 6.07) is 7.35. The molecule has 1 atom stereocenters. The first-order valence-electron chi connectivity index (χ1n) is 13.3. The molecule has 3 aliphatic rings. The summed E-state index contributed by atoms with van der Waals surface area (Å²) in [7, 11) is 1.57. The fraction of sp³-hybridized carbons (Fsp3) is 0.448. The van der Waals surface area contributed by atoms with E-state index < -0.39 is 0 Å². The van der Waals surface area contributed by atoms with Gasteiger partial charge in [-0.1, -0.05) is 17.7 Å². The van der Waals surface area contributed by atoms with Crippen molar-refractivity contribution in [2.45, 2.75) is 56.8 Å². The molecule has 6 rings (SSSR count). The Morgan fingerprint density at radius 3 is 2.82 bits per heavy atom. The van der Waals surface area contributed by atoms with Crippen LogP contribution in [0.25, 0.3) is 11.3 Å². The first-order valence-corrected chi connectivity index (χ1v) is 13.6. The van der Waals surface area contributed by atoms with Crippen molar-refractivity contribution < 1.29 is 23.7 Å². The van der Waals surface area contributed by atoms with E-state index in [1.54, 1.807) is 25.6 Å². The third kappa shape index (κ3) is 4.95. The number of pyridine rings is 1. The van der Waals surface area contributed by atoms with Crippen molar-refractivity contribution in [1.82, 2.24) is 15.3 Å². The summed E-state index contributed by atoms with van der Waals surface area (Å²) >= 11 is 6.42. The second-order valence-corrected chi connectivity index (χ2v) is 11.5. The lowest BCUT2D eigenvalue weighted by Gasteiger charge is -2.45. The van der Waals surface area contributed by atoms with Gasteiger partial charge in [-0.25, -0.2) is 0 Å². The monoisotopic (exact) mass is 552 g/mol. The van der Waals surface area contributed by atoms with Gasteiger partial charge in [0.2, 0.25) is 0 Å². The number of amides is 1. The number of anilines is 2. The fourth-order valence-corrected chi connectivity index (χ4v) is 5.76. The van der Waals surface area contributed by atoms with E-state index in [-0.39, 0.29) is 23.2 Å². The third-order valence-electron chi connectivity index (χ3n) is 7.75. The van der Waals surface area contributed by atoms with Crippen LogP contribution in [0.1, 0.15) is 49.2 Å². The van der Waals surface area contributed by atoms with Gasteiger partial charge in [0.1, 0.15) is 18.5 Å². The molecule has 206 valence electrons. The molecule has 10 heteroatoms. The zero-order valence-electron chi connectivity index (χ0n) is 22.4. The van der Waals surface area contributed by atoms with Crippen molar-refractivity contribution in [3.8, 4) is 22.8 Å². The average Bonchev–Trinajstić information content (AvgIpc) is 3.25. The van der Waals surface area contributed by atoms with Gasteiger partial charge in [0.25, 0.3) is 5.91 Å². The lowest BCUT2D eigenvalue weighted by Crippen LogP contribution is -2.57. The molecule has 39 heavy (non-hydrogen) atoms. The van der Waals surface area contributed by atoms with E-state index in [0.717, 1.165) is 42.6 Å². The number of hydrogen-bond acceptors (Lipinski definition) is 7. The van der Waals surface area contributed by atoms with Gasteiger partial charge in [-0.3, -0.25) is 9.78 Å². The second kappa shape index (κ2) is 10.0. The van der Waals surface area contributed by atoms with Crippen molar-refractivity contribution in [3.63, 3.8) is 0 Å². The summed E-state index contributed by atoms with van der Waals surface area (Å²) in [6.45, 7) is 5.26. The van der Waals surface area contributed by atoms with Crippen LogP contribution in [0.2, 0.25) is 5.02 Å². The van der Waals surface area contributed by atoms with Crippen LogP contribution in [0, 0.1) is 0 Å². The van der Waals surface area contributed by atoms with Crippen molar-refractivity contribution in [2.24, 2.45) is 0 Å². The summed E-state index contributed by atoms with van der Waals surface area (Å²) in [6.07, 6.45) is 6.99. The normalized spacial score (nSPS) is 21.0. The van der Waals surface area contributed by atoms with Crippen LogP contribution in [-0.2, 0) is 15.9 Å². The highest BCUT2D eigenvalue weighted by molar-refractivity contribution is 6.32. The molecule has 2 fully saturated rings. The molecule has 1 saturated heterocycles. The SMILES string of the molecule is COc1c(Cl)cccc1Nc1c(-c2ccncc2OC[C@H]2COC(C)(C)CO2)[nH]c2c1C(=O)NC1(CCC1)C2. The maximum Gasteiger partial charge on any atom is 0.255 e. The van der Waals surface area contributed by atoms with Gasteiger partial charge in [0.15, 0.2) is 5.75 Å². The number of fused-ring (bicyclic) bond motifs is 1. The summed E-state index contributed by atoms with van der Waals surface area (Å²) in [4.78, 5) is 21.4. The van der Waals surface area contributed by atoms with E-state index in [4.69, 9.17) is 30.5 Å². The number of halogens is 1. The number of ether oxygens (including phenoxy) is 4. The van der Waals surface area contributed by atoms with E-state index in [9.17, 15) is 4.79 Å². The van der Waals surface area contributed by atoms with Gasteiger partial charge in [-0.2, -0.15) is 0 Å². The van der Waals surface area contributed by atoms with E-state index in [1.807, 2.05) is 32.0 Å². The van der Waals surface area contributed by atoms with E-state index in [2.05, 4.69) is 20.6 Å². The Balaban J connectivity index is 1.38. The quantitative estimate of drug-likeness (QED) is 0.367. The van der Waals surface area contributed by atoms with Crippen molar-refractivity contribution in [3.05, 3.63) is 52.9 Å². The average molecular weight is 553 g/mol. The topological polar surface area (TPSA) is 107 Å². The molecule has 4 heterocycles. The minimum Gasteiger partial charge on any atom is -0.493 e. The molecule has 1 spiro atoms. The molecule has 0 radical (unpaired) electrons. The van der Waals surface area contributed by atoms with Crippen molar-refractivity contribution in [1.29, 1.82) is 0 Å². The first kappa shape index (κ1) is 26.0. The second-order valence-electron chi connectivity index (χ2n) is 11.1. The van der Waals surface area contributed by atoms with Crippen molar-refractivity contribution in [2.75, 3.05) is 32.2 Å². The van der Waals surface area contributed by atoms with Crippen LogP contribution in [0.5, 0.6) is 11.5 Å². The highest BCUT2D eigenvalue weighted by Crippen LogP contribution is 2.46. The Kier molecular flexibility index (Phi) is 6.69. The van der Waals surface area contributed by atoms with Crippen LogP contribution in [0.3, 0.4) is 0 Å². The summed E-state index contributed by atoms with van der Waals surface area (Å²) in [5.74, 6) is 0.966. The molecule has 3 aromatic rings. The molecule has 9 nitrogen and oxygen atoms in total. The van der Waals surface area contributed by atoms with Gasteiger partial charge in [0, 0.05) is 29.4 Å². The molecule has 1 aliphatic carbocycles. The number of carbonyl (C=O) groups excluding carboxylic acids is 1. The van der Waals surface area contributed by atoms with E-state index >= 15 is 0 Å². The molecule has 0 bridgehead atoms. The van der Waals surface area contributed by atoms with Crippen LogP contribution < -0.4 is 20.1 Å². The predicted octanol–water partition coefficient (Wildman–Crippen LogP) is 5.26. The Labute approximate surface area is 232 Å². The molecule has 1 amide bonds. The highest BCUT2D eigenvalue weighted by atomic mass is 35.5. The van der Waals surface area contributed by atoms with Gasteiger partial charge in [0.05, 0.1) is 59.8 Å². The molecule has 1 aromatic carbocycles. The zero-order chi connectivity index (χ0) is 27.2. The Morgan fingerprint density at radius 1 is 1.26 bits per heavy atom. The number of aromatic nitrogens is 2. The lowest BCUT2D eigenvalue weighted by molar-refractivity contribution is -0.181. The number of para-hydroxylation sites is 1. The van der Waals surface area contributed by atoms with Crippen LogP contribution in [0.4, 0.5) is 11.4 Å². The Hall–Kier alpha value is -3.27. The van der Waals surface area contributed by atoms with E-state index in [1.165, 1.54) is 0 Å². The number of hydrogen-bond donors (Lipinski definition) is 3. The maximum atomic E-state index is 13.5. The van der Waals surface area contributed by atoms with Gasteiger partial charge < -0.3 is 34.6 Å². The molecule has 2 aliphatic heterocycles. The maximum absolute atomic E-state index is 13.5. The fourth-order valence-electron chi connectivity index (χ4n) is 5.51. The number of nitrogens with one attached hydrogen (secondary N) is 3. The summed E-state index contributed by atoms with van der Waals surface area (Å²) in [5.41, 5.74) is 3.78. The number of nitrogens with zero attached hydrogens (tertiary/aromatic N) is 1. The number of benzene rings is 1. The summed E-state index contributed by atoms with van der Waals surface area (Å²) in [5, 5.41) is 7.20. The van der Waals surface area contributed by atoms with Crippen LogP contribution in [-0.4, -0.2) is 60.0 Å². The van der Waals surface area contributed by atoms with Gasteiger partial charge in [-0.05, 0) is 51.3 Å². The molecule has 0 unspecified atom stereocenters. The van der Waals surface area contributed by atoms with Crippen LogP contribution >= 0.6 is 11.6 Å². The Bertz CT molecular complexity index is 1390.